The molecule has 6 N–H and O–H groups in total. The van der Waals surface area contributed by atoms with E-state index >= 15 is 0 Å². The van der Waals surface area contributed by atoms with Gasteiger partial charge >= 0.3 is 11.9 Å². The number of carboxylic acids is 2. The molecule has 3 aromatic rings. The summed E-state index contributed by atoms with van der Waals surface area (Å²) in [6, 6.07) is 19.3. The van der Waals surface area contributed by atoms with Gasteiger partial charge in [0.15, 0.2) is 0 Å². The Kier molecular flexibility index (Phi) is 10.5. The molecule has 3 aromatic carbocycles. The van der Waals surface area contributed by atoms with Gasteiger partial charge in [0.05, 0.1) is 11.8 Å². The van der Waals surface area contributed by atoms with Crippen molar-refractivity contribution in [2.24, 2.45) is 11.8 Å². The van der Waals surface area contributed by atoms with Crippen LogP contribution in [0.25, 0.3) is 0 Å². The highest BCUT2D eigenvalue weighted by Gasteiger charge is 2.36. The highest BCUT2D eigenvalue weighted by atomic mass is 16.4. The Balaban J connectivity index is 1.60. The lowest BCUT2D eigenvalue weighted by Crippen LogP contribution is -2.34. The van der Waals surface area contributed by atoms with E-state index in [4.69, 9.17) is 0 Å². The Morgan fingerprint density at radius 2 is 1.07 bits per heavy atom. The van der Waals surface area contributed by atoms with E-state index in [-0.39, 0.29) is 17.2 Å². The van der Waals surface area contributed by atoms with Crippen molar-refractivity contribution in [1.29, 1.82) is 0 Å². The first-order valence-corrected chi connectivity index (χ1v) is 12.8. The topological polar surface area (TPSA) is 191 Å². The number of carbonyl (C=O) groups excluding carboxylic acids is 4. The van der Waals surface area contributed by atoms with Crippen LogP contribution in [-0.4, -0.2) is 52.7 Å². The Morgan fingerprint density at radius 1 is 0.619 bits per heavy atom. The van der Waals surface area contributed by atoms with E-state index in [0.717, 1.165) is 12.6 Å². The van der Waals surface area contributed by atoms with Gasteiger partial charge in [-0.05, 0) is 73.7 Å². The number of amides is 3. The molecule has 0 aliphatic carbocycles. The lowest BCUT2D eigenvalue weighted by molar-refractivity contribution is -0.155. The molecule has 218 valence electrons. The van der Waals surface area contributed by atoms with Gasteiger partial charge in [-0.2, -0.15) is 0 Å². The Labute approximate surface area is 241 Å². The molecule has 12 heteroatoms. The smallest absolute Gasteiger partial charge is 0.307 e. The van der Waals surface area contributed by atoms with Gasteiger partial charge in [-0.15, -0.1) is 0 Å². The molecule has 0 spiro atoms. The van der Waals surface area contributed by atoms with Crippen LogP contribution in [0.5, 0.6) is 0 Å². The van der Waals surface area contributed by atoms with Crippen molar-refractivity contribution in [3.05, 3.63) is 83.9 Å². The molecule has 42 heavy (non-hydrogen) atoms. The number of rotatable bonds is 13. The summed E-state index contributed by atoms with van der Waals surface area (Å²) in [6.45, 7) is 1.15. The Bertz CT molecular complexity index is 1490. The minimum absolute atomic E-state index is 0.253. The number of hydrogen-bond donors (Lipinski definition) is 6. The molecule has 12 nitrogen and oxygen atoms in total. The summed E-state index contributed by atoms with van der Waals surface area (Å²) >= 11 is 0. The van der Waals surface area contributed by atoms with Crippen molar-refractivity contribution < 1.29 is 39.0 Å². The van der Waals surface area contributed by atoms with E-state index in [1.54, 1.807) is 55.6 Å². The normalized spacial score (nSPS) is 11.9. The first-order valence-electron chi connectivity index (χ1n) is 12.8. The van der Waals surface area contributed by atoms with Crippen molar-refractivity contribution >= 4 is 58.2 Å². The fourth-order valence-corrected chi connectivity index (χ4v) is 4.10. The van der Waals surface area contributed by atoms with Crippen molar-refractivity contribution in [3.8, 4) is 0 Å². The Morgan fingerprint density at radius 3 is 1.50 bits per heavy atom. The van der Waals surface area contributed by atoms with E-state index in [0.29, 0.717) is 16.9 Å². The number of ketones is 1. The van der Waals surface area contributed by atoms with Crippen molar-refractivity contribution in [2.75, 3.05) is 28.3 Å². The molecule has 3 amide bonds. The summed E-state index contributed by atoms with van der Waals surface area (Å²) in [7, 11) is 1.78. The molecule has 3 rings (SSSR count). The fourth-order valence-electron chi connectivity index (χ4n) is 4.10. The average molecular weight is 575 g/mol. The second kappa shape index (κ2) is 14.2. The molecular formula is C30H30N4O8. The SMILES string of the molecule is CNc1ccc(C(=O)Nc2cccc(NC(=O)c3ccc(NC(=O)CC(C(=O)O)C(CC(C)=O)C(=O)O)cc3)c2)cc1. The molecule has 0 heterocycles. The third kappa shape index (κ3) is 8.74. The molecular weight excluding hydrogens is 544 g/mol. The average Bonchev–Trinajstić information content (AvgIpc) is 2.95. The van der Waals surface area contributed by atoms with Gasteiger partial charge < -0.3 is 36.3 Å². The van der Waals surface area contributed by atoms with Crippen molar-refractivity contribution in [1.82, 2.24) is 0 Å². The largest absolute Gasteiger partial charge is 0.481 e. The van der Waals surface area contributed by atoms with Crippen LogP contribution < -0.4 is 21.3 Å². The zero-order chi connectivity index (χ0) is 30.8. The van der Waals surface area contributed by atoms with Crippen molar-refractivity contribution in [3.63, 3.8) is 0 Å². The van der Waals surface area contributed by atoms with Crippen LogP contribution in [0.1, 0.15) is 40.5 Å². The van der Waals surface area contributed by atoms with Crippen LogP contribution in [-0.2, 0) is 19.2 Å². The summed E-state index contributed by atoms with van der Waals surface area (Å²) in [5, 5.41) is 29.8. The van der Waals surface area contributed by atoms with E-state index in [1.165, 1.54) is 24.3 Å². The van der Waals surface area contributed by atoms with Crippen LogP contribution in [0.15, 0.2) is 72.8 Å². The minimum atomic E-state index is -1.60. The minimum Gasteiger partial charge on any atom is -0.481 e. The van der Waals surface area contributed by atoms with Crippen LogP contribution in [0.3, 0.4) is 0 Å². The van der Waals surface area contributed by atoms with Crippen LogP contribution >= 0.6 is 0 Å². The van der Waals surface area contributed by atoms with Crippen LogP contribution in [0, 0.1) is 11.8 Å². The van der Waals surface area contributed by atoms with E-state index < -0.39 is 54.2 Å². The van der Waals surface area contributed by atoms with Gasteiger partial charge in [-0.3, -0.25) is 24.0 Å². The van der Waals surface area contributed by atoms with E-state index in [9.17, 15) is 39.0 Å². The second-order valence-electron chi connectivity index (χ2n) is 9.44. The third-order valence-corrected chi connectivity index (χ3v) is 6.28. The summed E-state index contributed by atoms with van der Waals surface area (Å²) in [6.07, 6.45) is -1.17. The Hall–Kier alpha value is -5.52. The predicted molar refractivity (Wildman–Crippen MR) is 156 cm³/mol. The molecule has 0 aliphatic heterocycles. The van der Waals surface area contributed by atoms with Gasteiger partial charge in [0.2, 0.25) is 5.91 Å². The molecule has 0 aliphatic rings. The standard InChI is InChI=1S/C30H30N4O8/c1-17(35)14-24(29(39)40)25(30(41)42)16-26(36)32-21-12-8-19(9-13-21)28(38)34-23-5-3-4-22(15-23)33-27(37)18-6-10-20(31-2)11-7-18/h3-13,15,24-25,31H,14,16H2,1-2H3,(H,32,36)(H,33,37)(H,34,38)(H,39,40)(H,41,42). The number of hydrogen-bond acceptors (Lipinski definition) is 7. The maximum Gasteiger partial charge on any atom is 0.307 e. The first kappa shape index (κ1) is 31.0. The number of carbonyl (C=O) groups is 6. The number of Topliss-reactive ketones (excluding diaryl/α,β-unsaturated/α-hetero) is 1. The highest BCUT2D eigenvalue weighted by molar-refractivity contribution is 6.07. The van der Waals surface area contributed by atoms with Crippen LogP contribution in [0.2, 0.25) is 0 Å². The zero-order valence-electron chi connectivity index (χ0n) is 22.8. The number of nitrogens with one attached hydrogen (secondary N) is 4. The van der Waals surface area contributed by atoms with E-state index in [1.807, 2.05) is 0 Å². The molecule has 2 unspecified atom stereocenters. The number of benzene rings is 3. The third-order valence-electron chi connectivity index (χ3n) is 6.28. The highest BCUT2D eigenvalue weighted by Crippen LogP contribution is 2.23. The number of aliphatic carboxylic acids is 2. The maximum absolute atomic E-state index is 12.8. The maximum atomic E-state index is 12.8. The zero-order valence-corrected chi connectivity index (χ0v) is 22.8. The lowest BCUT2D eigenvalue weighted by Gasteiger charge is -2.19. The summed E-state index contributed by atoms with van der Waals surface area (Å²) < 4.78 is 0. The van der Waals surface area contributed by atoms with Gasteiger partial charge in [0, 0.05) is 53.8 Å². The fraction of sp³-hybridized carbons (Fsp3) is 0.200. The monoisotopic (exact) mass is 574 g/mol. The molecule has 0 aromatic heterocycles. The van der Waals surface area contributed by atoms with Gasteiger partial charge in [-0.25, -0.2) is 0 Å². The molecule has 0 saturated heterocycles. The molecule has 0 radical (unpaired) electrons. The van der Waals surface area contributed by atoms with Gasteiger partial charge in [-0.1, -0.05) is 6.07 Å². The van der Waals surface area contributed by atoms with Crippen molar-refractivity contribution in [2.45, 2.75) is 19.8 Å². The summed E-state index contributed by atoms with van der Waals surface area (Å²) in [5.41, 5.74) is 2.75. The van der Waals surface area contributed by atoms with Crippen LogP contribution in [0.4, 0.5) is 22.7 Å². The lowest BCUT2D eigenvalue weighted by atomic mass is 9.85. The number of anilines is 4. The molecule has 0 fully saturated rings. The van der Waals surface area contributed by atoms with Gasteiger partial charge in [0.1, 0.15) is 5.78 Å². The number of carboxylic acid groups (broad SMARTS) is 2. The molecule has 0 saturated carbocycles. The molecule has 2 atom stereocenters. The summed E-state index contributed by atoms with van der Waals surface area (Å²) in [4.78, 5) is 72.3. The first-order chi connectivity index (χ1) is 20.0. The van der Waals surface area contributed by atoms with Gasteiger partial charge in [0.25, 0.3) is 11.8 Å². The quantitative estimate of drug-likeness (QED) is 0.175. The predicted octanol–water partition coefficient (Wildman–Crippen LogP) is 3.94. The summed E-state index contributed by atoms with van der Waals surface area (Å²) in [5.74, 6) is -8.17. The molecule has 0 bridgehead atoms. The second-order valence-corrected chi connectivity index (χ2v) is 9.44. The van der Waals surface area contributed by atoms with E-state index in [2.05, 4.69) is 21.3 Å².